The molecule has 1 aromatic heterocycles. The number of hydrogen-bond acceptors (Lipinski definition) is 2. The molecule has 0 bridgehead atoms. The molecule has 2 aromatic rings. The van der Waals surface area contributed by atoms with Gasteiger partial charge in [0.1, 0.15) is 13.5 Å². The van der Waals surface area contributed by atoms with Crippen molar-refractivity contribution in [1.29, 1.82) is 0 Å². The van der Waals surface area contributed by atoms with Crippen LogP contribution in [0.25, 0.3) is 10.9 Å². The molecule has 0 saturated carbocycles. The van der Waals surface area contributed by atoms with E-state index in [1.54, 1.807) is 0 Å². The van der Waals surface area contributed by atoms with Crippen molar-refractivity contribution in [2.45, 2.75) is 13.1 Å². The number of carbonyl (C=O) groups is 1. The number of carboxylic acids is 1. The van der Waals surface area contributed by atoms with Crippen LogP contribution < -0.4 is 5.46 Å². The van der Waals surface area contributed by atoms with Crippen molar-refractivity contribution in [2.24, 2.45) is 0 Å². The summed E-state index contributed by atoms with van der Waals surface area (Å²) in [5, 5.41) is 19.0. The number of aromatic carboxylic acids is 1. The van der Waals surface area contributed by atoms with E-state index in [1.165, 1.54) is 0 Å². The summed E-state index contributed by atoms with van der Waals surface area (Å²) in [6.45, 7) is 1.97. The second-order valence-electron chi connectivity index (χ2n) is 4.21. The number of aromatic nitrogens is 1. The number of rotatable bonds is 4. The van der Waals surface area contributed by atoms with E-state index in [9.17, 15) is 19.4 Å². The molecule has 8 heteroatoms. The third kappa shape index (κ3) is 2.27. The van der Waals surface area contributed by atoms with E-state index in [1.807, 2.05) is 6.92 Å². The number of aromatic hydroxyl groups is 1. The molecule has 0 aliphatic heterocycles. The molecular formula is C12H11BClFNO3P. The number of fused-ring (bicyclic) bond motifs is 1. The van der Waals surface area contributed by atoms with Crippen molar-refractivity contribution in [3.8, 4) is 5.75 Å². The normalized spacial score (nSPS) is 11.8. The van der Waals surface area contributed by atoms with E-state index in [0.717, 1.165) is 16.3 Å². The maximum absolute atomic E-state index is 13.7. The molecule has 104 valence electrons. The lowest BCUT2D eigenvalue weighted by Gasteiger charge is -2.05. The molecule has 1 unspecified atom stereocenters. The summed E-state index contributed by atoms with van der Waals surface area (Å²) in [6.07, 6.45) is 1.32. The van der Waals surface area contributed by atoms with E-state index in [0.29, 0.717) is 20.3 Å². The largest absolute Gasteiger partial charge is 0.505 e. The topological polar surface area (TPSA) is 62.5 Å². The number of nitrogens with zero attached hydrogens (tertiary/aromatic N) is 1. The quantitative estimate of drug-likeness (QED) is 0.672. The van der Waals surface area contributed by atoms with Crippen LogP contribution in [-0.2, 0) is 6.16 Å². The summed E-state index contributed by atoms with van der Waals surface area (Å²) in [7, 11) is 6.15. The summed E-state index contributed by atoms with van der Waals surface area (Å²) in [4.78, 5) is 11.4. The fourth-order valence-electron chi connectivity index (χ4n) is 2.12. The number of carboxylic acid groups (broad SMARTS) is 1. The second kappa shape index (κ2) is 5.62. The van der Waals surface area contributed by atoms with Crippen LogP contribution >= 0.6 is 20.4 Å². The Morgan fingerprint density at radius 1 is 1.60 bits per heavy atom. The number of phenols is 1. The Labute approximate surface area is 122 Å². The van der Waals surface area contributed by atoms with Crippen LogP contribution in [0.15, 0.2) is 6.07 Å². The standard InChI is InChI=1S/C12H11BClFNO3P/c1-2-20-4-5-8-6(16(14)11(5)12(18)19)3-7(17)10(15)9(8)13/h3,17,20H,2,4H2,1H3,(H,18,19). The van der Waals surface area contributed by atoms with Crippen molar-refractivity contribution in [3.05, 3.63) is 23.1 Å². The minimum atomic E-state index is -1.22. The van der Waals surface area contributed by atoms with Crippen LogP contribution in [0.3, 0.4) is 0 Å². The minimum Gasteiger partial charge on any atom is -0.505 e. The minimum absolute atomic E-state index is 0.140. The molecule has 20 heavy (non-hydrogen) atoms. The molecule has 1 aromatic carbocycles. The average Bonchev–Trinajstić information content (AvgIpc) is 2.66. The van der Waals surface area contributed by atoms with E-state index in [4.69, 9.17) is 19.6 Å². The Kier molecular flexibility index (Phi) is 4.26. The first-order valence-corrected chi connectivity index (χ1v) is 7.59. The first-order chi connectivity index (χ1) is 9.40. The molecule has 0 spiro atoms. The van der Waals surface area contributed by atoms with E-state index < -0.39 is 17.5 Å². The third-order valence-corrected chi connectivity index (χ3v) is 4.46. The van der Waals surface area contributed by atoms with Crippen molar-refractivity contribution >= 4 is 50.5 Å². The van der Waals surface area contributed by atoms with Gasteiger partial charge in [0.2, 0.25) is 0 Å². The Bertz CT molecular complexity index is 704. The smallest absolute Gasteiger partial charge is 0.354 e. The Morgan fingerprint density at radius 2 is 2.25 bits per heavy atom. The number of halogens is 2. The van der Waals surface area contributed by atoms with Gasteiger partial charge < -0.3 is 10.2 Å². The summed E-state index contributed by atoms with van der Waals surface area (Å²) < 4.78 is 14.6. The molecule has 1 heterocycles. The van der Waals surface area contributed by atoms with Crippen LogP contribution in [0.2, 0.25) is 0 Å². The Balaban J connectivity index is 2.87. The molecular weight excluding hydrogens is 302 g/mol. The molecule has 0 fully saturated rings. The van der Waals surface area contributed by atoms with Gasteiger partial charge in [-0.15, -0.1) is 8.58 Å². The first-order valence-electron chi connectivity index (χ1n) is 5.84. The molecule has 0 aliphatic rings. The zero-order chi connectivity index (χ0) is 15.0. The van der Waals surface area contributed by atoms with Crippen LogP contribution in [0, 0.1) is 5.82 Å². The third-order valence-electron chi connectivity index (χ3n) is 3.01. The zero-order valence-electron chi connectivity index (χ0n) is 10.6. The maximum Gasteiger partial charge on any atom is 0.354 e. The lowest BCUT2D eigenvalue weighted by molar-refractivity contribution is 0.0689. The van der Waals surface area contributed by atoms with Crippen LogP contribution in [-0.4, -0.2) is 34.3 Å². The molecule has 4 nitrogen and oxygen atoms in total. The van der Waals surface area contributed by atoms with E-state index >= 15 is 0 Å². The lowest BCUT2D eigenvalue weighted by atomic mass is 9.89. The van der Waals surface area contributed by atoms with Gasteiger partial charge in [0.15, 0.2) is 11.6 Å². The van der Waals surface area contributed by atoms with Gasteiger partial charge in [-0.25, -0.2) is 13.3 Å². The molecule has 2 rings (SSSR count). The van der Waals surface area contributed by atoms with E-state index in [-0.39, 0.29) is 22.1 Å². The van der Waals surface area contributed by atoms with Gasteiger partial charge in [0.05, 0.1) is 5.52 Å². The summed E-state index contributed by atoms with van der Waals surface area (Å²) in [5.41, 5.74) is 0.174. The van der Waals surface area contributed by atoms with Gasteiger partial charge in [0, 0.05) is 23.2 Å². The highest BCUT2D eigenvalue weighted by atomic mass is 35.5. The second-order valence-corrected chi connectivity index (χ2v) is 6.11. The fourth-order valence-corrected chi connectivity index (χ4v) is 3.27. The van der Waals surface area contributed by atoms with Gasteiger partial charge in [-0.3, -0.25) is 0 Å². The van der Waals surface area contributed by atoms with Crippen molar-refractivity contribution < 1.29 is 19.4 Å². The molecule has 1 atom stereocenters. The van der Waals surface area contributed by atoms with Crippen LogP contribution in [0.5, 0.6) is 5.75 Å². The van der Waals surface area contributed by atoms with Gasteiger partial charge in [-0.05, 0) is 23.4 Å². The Hall–Kier alpha value is -1.26. The van der Waals surface area contributed by atoms with Gasteiger partial charge in [-0.1, -0.05) is 6.92 Å². The van der Waals surface area contributed by atoms with Crippen LogP contribution in [0.4, 0.5) is 4.39 Å². The van der Waals surface area contributed by atoms with Gasteiger partial charge in [0.25, 0.3) is 0 Å². The van der Waals surface area contributed by atoms with Crippen molar-refractivity contribution in [2.75, 3.05) is 6.16 Å². The number of benzene rings is 1. The molecule has 0 amide bonds. The summed E-state index contributed by atoms with van der Waals surface area (Å²) in [5.74, 6) is -2.83. The first kappa shape index (κ1) is 15.1. The highest BCUT2D eigenvalue weighted by molar-refractivity contribution is 7.37. The van der Waals surface area contributed by atoms with E-state index in [2.05, 4.69) is 0 Å². The highest BCUT2D eigenvalue weighted by Gasteiger charge is 2.24. The predicted octanol–water partition coefficient (Wildman–Crippen LogP) is 2.18. The predicted molar refractivity (Wildman–Crippen MR) is 79.7 cm³/mol. The van der Waals surface area contributed by atoms with Gasteiger partial charge in [-0.2, -0.15) is 0 Å². The fraction of sp³-hybridized carbons (Fsp3) is 0.250. The Morgan fingerprint density at radius 3 is 2.80 bits per heavy atom. The lowest BCUT2D eigenvalue weighted by Crippen LogP contribution is -2.11. The molecule has 0 saturated heterocycles. The van der Waals surface area contributed by atoms with Crippen molar-refractivity contribution in [1.82, 2.24) is 4.09 Å². The highest BCUT2D eigenvalue weighted by Crippen LogP contribution is 2.33. The molecule has 0 aliphatic carbocycles. The monoisotopic (exact) mass is 313 g/mol. The van der Waals surface area contributed by atoms with Gasteiger partial charge >= 0.3 is 5.97 Å². The molecule has 2 N–H and O–H groups in total. The summed E-state index contributed by atoms with van der Waals surface area (Å²) >= 11 is 5.98. The molecule has 2 radical (unpaired) electrons. The average molecular weight is 313 g/mol. The SMILES string of the molecule is [B]c1c(F)c(O)cc2c1c(CPCC)c(C(=O)O)n2Cl. The number of hydrogen-bond donors (Lipinski definition) is 2. The zero-order valence-corrected chi connectivity index (χ0v) is 12.3. The number of phenolic OH excluding ortho intramolecular Hbond substituents is 1. The van der Waals surface area contributed by atoms with Crippen molar-refractivity contribution in [3.63, 3.8) is 0 Å². The summed E-state index contributed by atoms with van der Waals surface area (Å²) in [6, 6.07) is 1.08. The van der Waals surface area contributed by atoms with Crippen LogP contribution in [0.1, 0.15) is 23.0 Å². The maximum atomic E-state index is 13.7.